The normalized spacial score (nSPS) is 12.9. The van der Waals surface area contributed by atoms with Gasteiger partial charge in [0.05, 0.1) is 13.2 Å². The van der Waals surface area contributed by atoms with E-state index in [0.29, 0.717) is 25.2 Å². The predicted molar refractivity (Wildman–Crippen MR) is 109 cm³/mol. The van der Waals surface area contributed by atoms with E-state index >= 15 is 0 Å². The molecular formula is C22H31N3O. The van der Waals surface area contributed by atoms with Crippen LogP contribution in [0.15, 0.2) is 59.6 Å². The van der Waals surface area contributed by atoms with Crippen molar-refractivity contribution < 1.29 is 4.74 Å². The molecule has 2 aromatic carbocycles. The van der Waals surface area contributed by atoms with Crippen LogP contribution in [0.1, 0.15) is 37.5 Å². The fraction of sp³-hybridized carbons (Fsp3) is 0.409. The monoisotopic (exact) mass is 353 g/mol. The average molecular weight is 354 g/mol. The summed E-state index contributed by atoms with van der Waals surface area (Å²) in [6.45, 7) is 8.57. The van der Waals surface area contributed by atoms with Gasteiger partial charge < -0.3 is 15.4 Å². The lowest BCUT2D eigenvalue weighted by atomic mass is 10.1. The maximum atomic E-state index is 5.78. The maximum Gasteiger partial charge on any atom is 0.191 e. The molecule has 4 heteroatoms. The summed E-state index contributed by atoms with van der Waals surface area (Å²) in [5.74, 6) is 1.39. The number of benzene rings is 2. The first-order valence-electron chi connectivity index (χ1n) is 9.25. The highest BCUT2D eigenvalue weighted by molar-refractivity contribution is 5.79. The van der Waals surface area contributed by atoms with Gasteiger partial charge in [0.25, 0.3) is 0 Å². The molecule has 0 aliphatic rings. The summed E-state index contributed by atoms with van der Waals surface area (Å²) < 4.78 is 5.78. The predicted octanol–water partition coefficient (Wildman–Crippen LogP) is 4.11. The van der Waals surface area contributed by atoms with Crippen LogP contribution in [-0.2, 0) is 24.5 Å². The van der Waals surface area contributed by atoms with E-state index in [0.717, 1.165) is 12.5 Å². The van der Waals surface area contributed by atoms with Gasteiger partial charge in [-0.15, -0.1) is 0 Å². The Morgan fingerprint density at radius 3 is 2.04 bits per heavy atom. The molecule has 2 aromatic rings. The van der Waals surface area contributed by atoms with E-state index in [1.165, 1.54) is 16.7 Å². The Kier molecular flexibility index (Phi) is 8.16. The third kappa shape index (κ3) is 6.89. The van der Waals surface area contributed by atoms with E-state index in [2.05, 4.69) is 72.8 Å². The molecular weight excluding hydrogens is 322 g/mol. The molecule has 0 aliphatic heterocycles. The number of nitrogens with one attached hydrogen (secondary N) is 2. The molecule has 0 radical (unpaired) electrons. The third-order valence-corrected chi connectivity index (χ3v) is 4.45. The van der Waals surface area contributed by atoms with Gasteiger partial charge in [-0.25, -0.2) is 0 Å². The minimum Gasteiger partial charge on any atom is -0.372 e. The highest BCUT2D eigenvalue weighted by atomic mass is 16.5. The van der Waals surface area contributed by atoms with Gasteiger partial charge >= 0.3 is 0 Å². The molecule has 0 aromatic heterocycles. The first-order valence-corrected chi connectivity index (χ1v) is 9.25. The van der Waals surface area contributed by atoms with Crippen molar-refractivity contribution in [2.45, 2.75) is 46.6 Å². The maximum absolute atomic E-state index is 5.78. The van der Waals surface area contributed by atoms with Crippen LogP contribution in [0.4, 0.5) is 0 Å². The van der Waals surface area contributed by atoms with Crippen LogP contribution < -0.4 is 10.6 Å². The molecule has 26 heavy (non-hydrogen) atoms. The van der Waals surface area contributed by atoms with Crippen LogP contribution in [-0.4, -0.2) is 19.0 Å². The van der Waals surface area contributed by atoms with E-state index in [1.807, 2.05) is 18.2 Å². The molecule has 0 bridgehead atoms. The van der Waals surface area contributed by atoms with Crippen molar-refractivity contribution in [2.75, 3.05) is 7.05 Å². The molecule has 0 heterocycles. The van der Waals surface area contributed by atoms with Crippen LogP contribution >= 0.6 is 0 Å². The minimum absolute atomic E-state index is 0.380. The first-order chi connectivity index (χ1) is 12.6. The van der Waals surface area contributed by atoms with E-state index in [9.17, 15) is 0 Å². The largest absolute Gasteiger partial charge is 0.372 e. The molecule has 140 valence electrons. The Labute approximate surface area is 157 Å². The van der Waals surface area contributed by atoms with Crippen LogP contribution in [0.3, 0.4) is 0 Å². The van der Waals surface area contributed by atoms with Gasteiger partial charge in [0, 0.05) is 19.6 Å². The lowest BCUT2D eigenvalue weighted by Gasteiger charge is -2.20. The standard InChI is InChI=1S/C22H31N3O/c1-17(2)18(3)25-22(23-4)24-14-19-10-12-21(13-11-19)16-26-15-20-8-6-5-7-9-20/h5-13,17-18H,14-16H2,1-4H3,(H2,23,24,25). The van der Waals surface area contributed by atoms with Crippen molar-refractivity contribution in [1.82, 2.24) is 10.6 Å². The summed E-state index contributed by atoms with van der Waals surface area (Å²) in [5, 5.41) is 6.77. The van der Waals surface area contributed by atoms with Crippen LogP contribution in [0.25, 0.3) is 0 Å². The number of nitrogens with zero attached hydrogens (tertiary/aromatic N) is 1. The quantitative estimate of drug-likeness (QED) is 0.554. The molecule has 1 atom stereocenters. The van der Waals surface area contributed by atoms with Crippen LogP contribution in [0.5, 0.6) is 0 Å². The molecule has 0 amide bonds. The second-order valence-electron chi connectivity index (χ2n) is 6.90. The second kappa shape index (κ2) is 10.6. The van der Waals surface area contributed by atoms with E-state index in [4.69, 9.17) is 4.74 Å². The lowest BCUT2D eigenvalue weighted by Crippen LogP contribution is -2.43. The number of rotatable bonds is 8. The van der Waals surface area contributed by atoms with Gasteiger partial charge in [-0.3, -0.25) is 4.99 Å². The molecule has 0 saturated heterocycles. The van der Waals surface area contributed by atoms with Crippen molar-refractivity contribution in [3.8, 4) is 0 Å². The van der Waals surface area contributed by atoms with Crippen molar-refractivity contribution >= 4 is 5.96 Å². The summed E-state index contributed by atoms with van der Waals surface area (Å²) in [6.07, 6.45) is 0. The number of aliphatic imine (C=N–C) groups is 1. The van der Waals surface area contributed by atoms with E-state index in [1.54, 1.807) is 7.05 Å². The molecule has 2 rings (SSSR count). The van der Waals surface area contributed by atoms with Crippen molar-refractivity contribution in [3.63, 3.8) is 0 Å². The Hall–Kier alpha value is -2.33. The molecule has 2 N–H and O–H groups in total. The summed E-state index contributed by atoms with van der Waals surface area (Å²) in [6, 6.07) is 19.1. The zero-order valence-electron chi connectivity index (χ0n) is 16.3. The average Bonchev–Trinajstić information content (AvgIpc) is 2.66. The smallest absolute Gasteiger partial charge is 0.191 e. The van der Waals surface area contributed by atoms with Gasteiger partial charge in [-0.05, 0) is 29.5 Å². The van der Waals surface area contributed by atoms with Gasteiger partial charge in [0.1, 0.15) is 0 Å². The SMILES string of the molecule is CN=C(NCc1ccc(COCc2ccccc2)cc1)NC(C)C(C)C. The van der Waals surface area contributed by atoms with E-state index < -0.39 is 0 Å². The highest BCUT2D eigenvalue weighted by Gasteiger charge is 2.08. The molecule has 0 spiro atoms. The molecule has 0 aliphatic carbocycles. The van der Waals surface area contributed by atoms with Gasteiger partial charge in [0.2, 0.25) is 0 Å². The van der Waals surface area contributed by atoms with Crippen LogP contribution in [0.2, 0.25) is 0 Å². The van der Waals surface area contributed by atoms with Crippen molar-refractivity contribution in [2.24, 2.45) is 10.9 Å². The van der Waals surface area contributed by atoms with Gasteiger partial charge in [0.15, 0.2) is 5.96 Å². The summed E-state index contributed by atoms with van der Waals surface area (Å²) >= 11 is 0. The Bertz CT molecular complexity index is 666. The number of hydrogen-bond donors (Lipinski definition) is 2. The Balaban J connectivity index is 1.76. The number of ether oxygens (including phenoxy) is 1. The lowest BCUT2D eigenvalue weighted by molar-refractivity contribution is 0.107. The Morgan fingerprint density at radius 2 is 1.46 bits per heavy atom. The molecule has 0 saturated carbocycles. The fourth-order valence-corrected chi connectivity index (χ4v) is 2.38. The zero-order chi connectivity index (χ0) is 18.8. The highest BCUT2D eigenvalue weighted by Crippen LogP contribution is 2.08. The van der Waals surface area contributed by atoms with Crippen molar-refractivity contribution in [3.05, 3.63) is 71.3 Å². The zero-order valence-corrected chi connectivity index (χ0v) is 16.3. The molecule has 1 unspecified atom stereocenters. The number of guanidine groups is 1. The van der Waals surface area contributed by atoms with E-state index in [-0.39, 0.29) is 0 Å². The Morgan fingerprint density at radius 1 is 0.885 bits per heavy atom. The summed E-state index contributed by atoms with van der Waals surface area (Å²) in [5.41, 5.74) is 3.60. The summed E-state index contributed by atoms with van der Waals surface area (Å²) in [7, 11) is 1.80. The minimum atomic E-state index is 0.380. The first kappa shape index (κ1) is 20.0. The third-order valence-electron chi connectivity index (χ3n) is 4.45. The van der Waals surface area contributed by atoms with Gasteiger partial charge in [-0.2, -0.15) is 0 Å². The second-order valence-corrected chi connectivity index (χ2v) is 6.90. The topological polar surface area (TPSA) is 45.7 Å². The molecule has 4 nitrogen and oxygen atoms in total. The number of hydrogen-bond acceptors (Lipinski definition) is 2. The summed E-state index contributed by atoms with van der Waals surface area (Å²) in [4.78, 5) is 4.29. The van der Waals surface area contributed by atoms with Crippen LogP contribution in [0, 0.1) is 5.92 Å². The fourth-order valence-electron chi connectivity index (χ4n) is 2.38. The molecule has 0 fully saturated rings. The van der Waals surface area contributed by atoms with Gasteiger partial charge in [-0.1, -0.05) is 68.4 Å². The van der Waals surface area contributed by atoms with Crippen molar-refractivity contribution in [1.29, 1.82) is 0 Å².